The van der Waals surface area contributed by atoms with Crippen LogP contribution in [0.25, 0.3) is 11.1 Å². The van der Waals surface area contributed by atoms with Crippen LogP contribution < -0.4 is 4.74 Å². The maximum atomic E-state index is 13.3. The van der Waals surface area contributed by atoms with Crippen molar-refractivity contribution in [1.82, 2.24) is 0 Å². The Morgan fingerprint density at radius 3 is 2.94 bits per heavy atom. The number of fused-ring (bicyclic) bond motifs is 1. The number of carbonyl (C=O) groups excluding carboxylic acids is 1. The molecule has 0 aliphatic carbocycles. The Labute approximate surface area is 104 Å². The van der Waals surface area contributed by atoms with Gasteiger partial charge >= 0.3 is 0 Å². The number of hydrogen-bond donors (Lipinski definition) is 0. The summed E-state index contributed by atoms with van der Waals surface area (Å²) < 4.78 is 18.9. The smallest absolute Gasteiger partial charge is 0.153 e. The lowest BCUT2D eigenvalue weighted by Crippen LogP contribution is -1.91. The van der Waals surface area contributed by atoms with Crippen molar-refractivity contribution >= 4 is 6.29 Å². The van der Waals surface area contributed by atoms with Gasteiger partial charge < -0.3 is 4.74 Å². The zero-order valence-corrected chi connectivity index (χ0v) is 9.65. The maximum Gasteiger partial charge on any atom is 0.153 e. The first kappa shape index (κ1) is 11.0. The molecule has 0 atom stereocenters. The van der Waals surface area contributed by atoms with Crippen LogP contribution in [0.5, 0.6) is 5.75 Å². The molecule has 1 aliphatic heterocycles. The van der Waals surface area contributed by atoms with E-state index < -0.39 is 5.82 Å². The van der Waals surface area contributed by atoms with Crippen LogP contribution in [0.3, 0.4) is 0 Å². The quantitative estimate of drug-likeness (QED) is 0.756. The van der Waals surface area contributed by atoms with Crippen molar-refractivity contribution in [2.45, 2.75) is 6.42 Å². The highest BCUT2D eigenvalue weighted by atomic mass is 19.1. The second-order valence-corrected chi connectivity index (χ2v) is 4.25. The van der Waals surface area contributed by atoms with Gasteiger partial charge in [-0.25, -0.2) is 4.39 Å². The predicted molar refractivity (Wildman–Crippen MR) is 66.4 cm³/mol. The van der Waals surface area contributed by atoms with E-state index in [1.54, 1.807) is 12.1 Å². The summed E-state index contributed by atoms with van der Waals surface area (Å²) in [5, 5.41) is 0. The summed E-state index contributed by atoms with van der Waals surface area (Å²) in [6.07, 6.45) is 1.42. The van der Waals surface area contributed by atoms with E-state index in [1.165, 1.54) is 6.07 Å². The van der Waals surface area contributed by atoms with Crippen molar-refractivity contribution in [3.63, 3.8) is 0 Å². The SMILES string of the molecule is O=Cc1cc(-c2cccc3c2OCC3)ccc1F. The van der Waals surface area contributed by atoms with Crippen molar-refractivity contribution in [2.75, 3.05) is 6.61 Å². The van der Waals surface area contributed by atoms with Crippen molar-refractivity contribution < 1.29 is 13.9 Å². The Bertz CT molecular complexity index is 620. The topological polar surface area (TPSA) is 26.3 Å². The zero-order valence-electron chi connectivity index (χ0n) is 9.65. The molecule has 1 heterocycles. The minimum Gasteiger partial charge on any atom is -0.492 e. The second-order valence-electron chi connectivity index (χ2n) is 4.25. The molecule has 90 valence electrons. The highest BCUT2D eigenvalue weighted by molar-refractivity contribution is 5.81. The average Bonchev–Trinajstić information content (AvgIpc) is 2.87. The number of benzene rings is 2. The fourth-order valence-corrected chi connectivity index (χ4v) is 2.24. The molecule has 0 amide bonds. The van der Waals surface area contributed by atoms with Crippen LogP contribution in [0.15, 0.2) is 36.4 Å². The summed E-state index contributed by atoms with van der Waals surface area (Å²) in [6.45, 7) is 0.675. The van der Waals surface area contributed by atoms with E-state index in [1.807, 2.05) is 18.2 Å². The van der Waals surface area contributed by atoms with Gasteiger partial charge in [0.15, 0.2) is 6.29 Å². The van der Waals surface area contributed by atoms with E-state index in [9.17, 15) is 9.18 Å². The normalized spacial score (nSPS) is 12.9. The van der Waals surface area contributed by atoms with Gasteiger partial charge in [-0.15, -0.1) is 0 Å². The van der Waals surface area contributed by atoms with Crippen molar-refractivity contribution in [1.29, 1.82) is 0 Å². The monoisotopic (exact) mass is 242 g/mol. The molecule has 2 aromatic rings. The molecule has 3 rings (SSSR count). The first-order chi connectivity index (χ1) is 8.79. The number of rotatable bonds is 2. The number of hydrogen-bond acceptors (Lipinski definition) is 2. The van der Waals surface area contributed by atoms with E-state index in [2.05, 4.69) is 0 Å². The lowest BCUT2D eigenvalue weighted by Gasteiger charge is -2.08. The minimum absolute atomic E-state index is 0.0723. The van der Waals surface area contributed by atoms with Gasteiger partial charge in [0.05, 0.1) is 12.2 Å². The van der Waals surface area contributed by atoms with Gasteiger partial charge in [0.2, 0.25) is 0 Å². The van der Waals surface area contributed by atoms with Crippen molar-refractivity contribution in [3.05, 3.63) is 53.3 Å². The summed E-state index contributed by atoms with van der Waals surface area (Å²) in [5.74, 6) is 0.350. The molecular weight excluding hydrogens is 231 g/mol. The van der Waals surface area contributed by atoms with E-state index in [4.69, 9.17) is 4.74 Å². The summed E-state index contributed by atoms with van der Waals surface area (Å²) >= 11 is 0. The zero-order chi connectivity index (χ0) is 12.5. The van der Waals surface area contributed by atoms with Gasteiger partial charge in [-0.2, -0.15) is 0 Å². The Morgan fingerprint density at radius 2 is 2.11 bits per heavy atom. The lowest BCUT2D eigenvalue weighted by molar-refractivity contribution is 0.112. The molecule has 3 heteroatoms. The number of aldehydes is 1. The van der Waals surface area contributed by atoms with Gasteiger partial charge in [-0.1, -0.05) is 24.3 Å². The van der Waals surface area contributed by atoms with Crippen molar-refractivity contribution in [2.24, 2.45) is 0 Å². The number of para-hydroxylation sites is 1. The summed E-state index contributed by atoms with van der Waals surface area (Å²) in [7, 11) is 0. The van der Waals surface area contributed by atoms with Crippen LogP contribution in [0, 0.1) is 5.82 Å². The molecule has 0 N–H and O–H groups in total. The summed E-state index contributed by atoms with van der Waals surface area (Å²) in [4.78, 5) is 10.8. The second kappa shape index (κ2) is 4.26. The highest BCUT2D eigenvalue weighted by Gasteiger charge is 2.17. The van der Waals surface area contributed by atoms with Crippen LogP contribution in [0.4, 0.5) is 4.39 Å². The third-order valence-electron chi connectivity index (χ3n) is 3.15. The third kappa shape index (κ3) is 1.68. The standard InChI is InChI=1S/C15H11FO2/c16-14-5-4-11(8-12(14)9-17)13-3-1-2-10-6-7-18-15(10)13/h1-5,8-9H,6-7H2. The molecule has 0 bridgehead atoms. The molecule has 0 unspecified atom stereocenters. The van der Waals surface area contributed by atoms with E-state index in [0.29, 0.717) is 12.9 Å². The molecule has 0 saturated carbocycles. The van der Waals surface area contributed by atoms with Crippen LogP contribution in [-0.2, 0) is 6.42 Å². The molecule has 0 aromatic heterocycles. The molecule has 0 spiro atoms. The number of halogens is 1. The van der Waals surface area contributed by atoms with Gasteiger partial charge in [0.25, 0.3) is 0 Å². The third-order valence-corrected chi connectivity index (χ3v) is 3.15. The van der Waals surface area contributed by atoms with Gasteiger partial charge in [-0.3, -0.25) is 4.79 Å². The van der Waals surface area contributed by atoms with E-state index in [0.717, 1.165) is 28.9 Å². The maximum absolute atomic E-state index is 13.3. The van der Waals surface area contributed by atoms with Crippen LogP contribution >= 0.6 is 0 Å². The van der Waals surface area contributed by atoms with E-state index >= 15 is 0 Å². The predicted octanol–water partition coefficient (Wildman–Crippen LogP) is 3.24. The van der Waals surface area contributed by atoms with Crippen LogP contribution in [-0.4, -0.2) is 12.9 Å². The average molecular weight is 242 g/mol. The fraction of sp³-hybridized carbons (Fsp3) is 0.133. The minimum atomic E-state index is -0.498. The lowest BCUT2D eigenvalue weighted by atomic mass is 9.99. The first-order valence-electron chi connectivity index (χ1n) is 5.79. The van der Waals surface area contributed by atoms with Crippen LogP contribution in [0.1, 0.15) is 15.9 Å². The van der Waals surface area contributed by atoms with Crippen molar-refractivity contribution in [3.8, 4) is 16.9 Å². The number of carbonyl (C=O) groups is 1. The highest BCUT2D eigenvalue weighted by Crippen LogP contribution is 2.37. The Morgan fingerprint density at radius 1 is 1.22 bits per heavy atom. The molecule has 0 saturated heterocycles. The fourth-order valence-electron chi connectivity index (χ4n) is 2.24. The van der Waals surface area contributed by atoms with Gasteiger partial charge in [-0.05, 0) is 23.3 Å². The van der Waals surface area contributed by atoms with Gasteiger partial charge in [0, 0.05) is 12.0 Å². The Hall–Kier alpha value is -2.16. The summed E-state index contributed by atoms with van der Waals surface area (Å²) in [5.41, 5.74) is 2.94. The molecule has 18 heavy (non-hydrogen) atoms. The molecule has 2 nitrogen and oxygen atoms in total. The van der Waals surface area contributed by atoms with Gasteiger partial charge in [0.1, 0.15) is 11.6 Å². The Kier molecular flexibility index (Phi) is 2.59. The van der Waals surface area contributed by atoms with E-state index in [-0.39, 0.29) is 5.56 Å². The molecule has 0 radical (unpaired) electrons. The Balaban J connectivity index is 2.16. The molecule has 1 aliphatic rings. The molecular formula is C15H11FO2. The molecule has 0 fully saturated rings. The van der Waals surface area contributed by atoms with Crippen LogP contribution in [0.2, 0.25) is 0 Å². The molecule has 2 aromatic carbocycles. The summed E-state index contributed by atoms with van der Waals surface area (Å²) in [6, 6.07) is 10.4. The number of ether oxygens (including phenoxy) is 1. The first-order valence-corrected chi connectivity index (χ1v) is 5.79. The largest absolute Gasteiger partial charge is 0.492 e.